The normalized spacial score (nSPS) is 15.8. The summed E-state index contributed by atoms with van der Waals surface area (Å²) in [5, 5.41) is 12.0. The third-order valence-corrected chi connectivity index (χ3v) is 5.36. The molecule has 0 amide bonds. The fourth-order valence-electron chi connectivity index (χ4n) is 3.06. The molecule has 1 aliphatic rings. The summed E-state index contributed by atoms with van der Waals surface area (Å²) in [4.78, 5) is 13.2. The number of hydrogen-bond acceptors (Lipinski definition) is 5. The van der Waals surface area contributed by atoms with Crippen LogP contribution in [-0.4, -0.2) is 29.9 Å². The molecule has 0 bridgehead atoms. The first-order valence-corrected chi connectivity index (χ1v) is 9.28. The molecule has 4 nitrogen and oxygen atoms in total. The lowest BCUT2D eigenvalue weighted by Crippen LogP contribution is -2.14. The van der Waals surface area contributed by atoms with Gasteiger partial charge in [-0.05, 0) is 54.7 Å². The maximum atomic E-state index is 14.1. The van der Waals surface area contributed by atoms with Crippen molar-refractivity contribution < 1.29 is 19.1 Å². The fraction of sp³-hybridized carbons (Fsp3) is 0.300. The van der Waals surface area contributed by atoms with Gasteiger partial charge in [0.25, 0.3) is 0 Å². The van der Waals surface area contributed by atoms with Crippen LogP contribution >= 0.6 is 11.8 Å². The van der Waals surface area contributed by atoms with Gasteiger partial charge < -0.3 is 9.94 Å². The third kappa shape index (κ3) is 4.51. The average Bonchev–Trinajstić information content (AvgIpc) is 2.64. The van der Waals surface area contributed by atoms with Crippen LogP contribution in [0.3, 0.4) is 0 Å². The average molecular weight is 373 g/mol. The van der Waals surface area contributed by atoms with Crippen molar-refractivity contribution in [2.75, 3.05) is 13.2 Å². The van der Waals surface area contributed by atoms with Crippen LogP contribution in [0.2, 0.25) is 0 Å². The molecule has 3 rings (SSSR count). The minimum atomic E-state index is -0.306. The molecule has 6 heteroatoms. The van der Waals surface area contributed by atoms with Crippen LogP contribution < -0.4 is 0 Å². The number of nitrogens with zero attached hydrogens (tertiary/aromatic N) is 1. The fourth-order valence-corrected chi connectivity index (χ4v) is 3.97. The smallest absolute Gasteiger partial charge is 0.182 e. The number of rotatable bonds is 5. The van der Waals surface area contributed by atoms with Crippen LogP contribution in [0, 0.1) is 5.82 Å². The van der Waals surface area contributed by atoms with E-state index in [1.54, 1.807) is 18.2 Å². The lowest BCUT2D eigenvalue weighted by molar-refractivity contribution is -0.111. The number of hydrogen-bond donors (Lipinski definition) is 1. The van der Waals surface area contributed by atoms with Crippen LogP contribution in [0.4, 0.5) is 4.39 Å². The standard InChI is InChI=1S/C20H20FNO3S/c1-13(23)20(22-24)15-2-4-18(5-3-15)26-19-11-16(10-17(21)12-19)14-6-8-25-9-7-14/h2-5,10-12,14,24H,6-9H2,1H3/b22-20+. The van der Waals surface area contributed by atoms with Crippen molar-refractivity contribution in [2.45, 2.75) is 35.5 Å². The number of Topliss-reactive ketones (excluding diaryl/α,β-unsaturated/α-hetero) is 1. The van der Waals surface area contributed by atoms with Crippen LogP contribution in [-0.2, 0) is 9.53 Å². The zero-order valence-corrected chi connectivity index (χ0v) is 15.3. The highest BCUT2D eigenvalue weighted by Gasteiger charge is 2.17. The molecule has 2 aromatic rings. The van der Waals surface area contributed by atoms with Gasteiger partial charge in [-0.2, -0.15) is 0 Å². The van der Waals surface area contributed by atoms with Gasteiger partial charge in [0.1, 0.15) is 5.82 Å². The molecule has 0 atom stereocenters. The Balaban J connectivity index is 1.78. The molecule has 1 N–H and O–H groups in total. The van der Waals surface area contributed by atoms with E-state index in [1.165, 1.54) is 24.8 Å². The highest BCUT2D eigenvalue weighted by molar-refractivity contribution is 7.99. The predicted octanol–water partition coefficient (Wildman–Crippen LogP) is 4.64. The van der Waals surface area contributed by atoms with Gasteiger partial charge in [0.2, 0.25) is 0 Å². The SMILES string of the molecule is CC(=O)/C(=N\O)c1ccc(Sc2cc(F)cc(C3CCOCC3)c2)cc1. The molecule has 1 fully saturated rings. The highest BCUT2D eigenvalue weighted by atomic mass is 32.2. The van der Waals surface area contributed by atoms with E-state index < -0.39 is 0 Å². The second-order valence-corrected chi connectivity index (χ2v) is 7.39. The van der Waals surface area contributed by atoms with Crippen molar-refractivity contribution in [1.82, 2.24) is 0 Å². The Bertz CT molecular complexity index is 814. The summed E-state index contributed by atoms with van der Waals surface area (Å²) in [5.41, 5.74) is 1.58. The molecule has 1 heterocycles. The molecule has 136 valence electrons. The number of benzene rings is 2. The molecule has 0 aromatic heterocycles. The first kappa shape index (κ1) is 18.6. The van der Waals surface area contributed by atoms with Gasteiger partial charge in [-0.3, -0.25) is 4.79 Å². The maximum Gasteiger partial charge on any atom is 0.182 e. The van der Waals surface area contributed by atoms with Gasteiger partial charge in [0, 0.05) is 35.5 Å². The Labute approximate surface area is 156 Å². The maximum absolute atomic E-state index is 14.1. The summed E-state index contributed by atoms with van der Waals surface area (Å²) < 4.78 is 19.4. The van der Waals surface area contributed by atoms with E-state index in [-0.39, 0.29) is 17.3 Å². The van der Waals surface area contributed by atoms with E-state index in [1.807, 2.05) is 18.2 Å². The van der Waals surface area contributed by atoms with E-state index in [0.717, 1.165) is 41.4 Å². The minimum Gasteiger partial charge on any atom is -0.410 e. The highest BCUT2D eigenvalue weighted by Crippen LogP contribution is 2.34. The summed E-state index contributed by atoms with van der Waals surface area (Å²) in [5.74, 6) is -0.210. The third-order valence-electron chi connectivity index (χ3n) is 4.38. The summed E-state index contributed by atoms with van der Waals surface area (Å²) in [6.07, 6.45) is 1.83. The summed E-state index contributed by atoms with van der Waals surface area (Å²) in [6.45, 7) is 2.79. The zero-order valence-electron chi connectivity index (χ0n) is 14.4. The van der Waals surface area contributed by atoms with Crippen molar-refractivity contribution >= 4 is 23.3 Å². The number of ketones is 1. The second-order valence-electron chi connectivity index (χ2n) is 6.24. The Kier molecular flexibility index (Phi) is 6.06. The summed E-state index contributed by atoms with van der Waals surface area (Å²) in [7, 11) is 0. The number of ether oxygens (including phenoxy) is 1. The molecule has 0 aliphatic carbocycles. The Morgan fingerprint density at radius 3 is 2.46 bits per heavy atom. The molecule has 0 spiro atoms. The van der Waals surface area contributed by atoms with Gasteiger partial charge in [-0.15, -0.1) is 0 Å². The second kappa shape index (κ2) is 8.47. The molecule has 0 saturated carbocycles. The van der Waals surface area contributed by atoms with E-state index in [2.05, 4.69) is 5.16 Å². The first-order valence-electron chi connectivity index (χ1n) is 8.46. The first-order chi connectivity index (χ1) is 12.6. The topological polar surface area (TPSA) is 58.9 Å². The Hall–Kier alpha value is -2.18. The number of oxime groups is 1. The molecule has 2 aromatic carbocycles. The number of carbonyl (C=O) groups is 1. The lowest BCUT2D eigenvalue weighted by atomic mass is 9.92. The Morgan fingerprint density at radius 2 is 1.85 bits per heavy atom. The Morgan fingerprint density at radius 1 is 1.15 bits per heavy atom. The van der Waals surface area contributed by atoms with Crippen LogP contribution in [0.25, 0.3) is 0 Å². The molecule has 26 heavy (non-hydrogen) atoms. The van der Waals surface area contributed by atoms with Gasteiger partial charge >= 0.3 is 0 Å². The van der Waals surface area contributed by atoms with Crippen LogP contribution in [0.1, 0.15) is 36.8 Å². The largest absolute Gasteiger partial charge is 0.410 e. The molecule has 1 saturated heterocycles. The van der Waals surface area contributed by atoms with E-state index in [9.17, 15) is 9.18 Å². The summed E-state index contributed by atoms with van der Waals surface area (Å²) >= 11 is 1.46. The number of halogens is 1. The van der Waals surface area contributed by atoms with Crippen molar-refractivity contribution in [2.24, 2.45) is 5.16 Å². The van der Waals surface area contributed by atoms with Gasteiger partial charge in [0.15, 0.2) is 11.5 Å². The van der Waals surface area contributed by atoms with Crippen molar-refractivity contribution in [3.05, 3.63) is 59.4 Å². The molecular formula is C20H20FNO3S. The monoisotopic (exact) mass is 373 g/mol. The van der Waals surface area contributed by atoms with Crippen molar-refractivity contribution in [3.8, 4) is 0 Å². The van der Waals surface area contributed by atoms with E-state index in [0.29, 0.717) is 11.5 Å². The van der Waals surface area contributed by atoms with Crippen LogP contribution in [0.15, 0.2) is 57.4 Å². The molecule has 0 unspecified atom stereocenters. The van der Waals surface area contributed by atoms with Crippen LogP contribution in [0.5, 0.6) is 0 Å². The summed E-state index contributed by atoms with van der Waals surface area (Å²) in [6, 6.07) is 12.3. The molecule has 1 aliphatic heterocycles. The number of carbonyl (C=O) groups excluding carboxylic acids is 1. The quantitative estimate of drug-likeness (QED) is 0.471. The zero-order chi connectivity index (χ0) is 18.5. The van der Waals surface area contributed by atoms with E-state index >= 15 is 0 Å². The van der Waals surface area contributed by atoms with Crippen molar-refractivity contribution in [3.63, 3.8) is 0 Å². The van der Waals surface area contributed by atoms with Crippen molar-refractivity contribution in [1.29, 1.82) is 0 Å². The minimum absolute atomic E-state index is 0.0223. The lowest BCUT2D eigenvalue weighted by Gasteiger charge is -2.22. The van der Waals surface area contributed by atoms with Gasteiger partial charge in [-0.1, -0.05) is 29.1 Å². The molecular weight excluding hydrogens is 353 g/mol. The van der Waals surface area contributed by atoms with Gasteiger partial charge in [0.05, 0.1) is 0 Å². The predicted molar refractivity (Wildman–Crippen MR) is 98.8 cm³/mol. The van der Waals surface area contributed by atoms with E-state index in [4.69, 9.17) is 9.94 Å². The van der Waals surface area contributed by atoms with Gasteiger partial charge in [-0.25, -0.2) is 4.39 Å². The molecule has 0 radical (unpaired) electrons.